The van der Waals surface area contributed by atoms with Gasteiger partial charge in [-0.3, -0.25) is 0 Å². The molecule has 0 aliphatic carbocycles. The fraction of sp³-hybridized carbons (Fsp3) is 0. The van der Waals surface area contributed by atoms with Crippen LogP contribution in [0.5, 0.6) is 11.5 Å². The molecule has 2 aromatic rings. The highest BCUT2D eigenvalue weighted by Crippen LogP contribution is 2.31. The molecule has 0 fully saturated rings. The molecule has 0 atom stereocenters. The zero-order chi connectivity index (χ0) is 15.2. The number of nitrogens with zero attached hydrogens (tertiary/aromatic N) is 1. The van der Waals surface area contributed by atoms with Crippen LogP contribution in [0.15, 0.2) is 53.0 Å². The van der Waals surface area contributed by atoms with E-state index < -0.39 is 5.97 Å². The average molecular weight is 344 g/mol. The Labute approximate surface area is 130 Å². The standard InChI is InChI=1S/C16H10BrNO3/c17-14-9-11(5-7-16(19)20)4-6-15(14)21-13-3-1-2-12(8-13)10-18/h1-9H,(H,19,20)/b7-5+. The lowest BCUT2D eigenvalue weighted by Gasteiger charge is -2.08. The highest BCUT2D eigenvalue weighted by Gasteiger charge is 2.04. The monoisotopic (exact) mass is 343 g/mol. The molecule has 0 aromatic heterocycles. The second-order valence-corrected chi connectivity index (χ2v) is 4.96. The summed E-state index contributed by atoms with van der Waals surface area (Å²) in [6.07, 6.45) is 2.56. The largest absolute Gasteiger partial charge is 0.478 e. The van der Waals surface area contributed by atoms with Gasteiger partial charge in [0.2, 0.25) is 0 Å². The van der Waals surface area contributed by atoms with Crippen molar-refractivity contribution >= 4 is 28.0 Å². The van der Waals surface area contributed by atoms with Crippen molar-refractivity contribution in [1.82, 2.24) is 0 Å². The summed E-state index contributed by atoms with van der Waals surface area (Å²) >= 11 is 3.38. The molecule has 0 aliphatic heterocycles. The SMILES string of the molecule is N#Cc1cccc(Oc2ccc(/C=C/C(=O)O)cc2Br)c1. The summed E-state index contributed by atoms with van der Waals surface area (Å²) in [7, 11) is 0. The molecule has 2 rings (SSSR count). The Morgan fingerprint density at radius 1 is 1.29 bits per heavy atom. The summed E-state index contributed by atoms with van der Waals surface area (Å²) in [5.74, 6) is 0.140. The van der Waals surface area contributed by atoms with Gasteiger partial charge in [-0.15, -0.1) is 0 Å². The van der Waals surface area contributed by atoms with Gasteiger partial charge in [0.05, 0.1) is 16.1 Å². The van der Waals surface area contributed by atoms with Gasteiger partial charge in [-0.25, -0.2) is 4.79 Å². The number of benzene rings is 2. The van der Waals surface area contributed by atoms with Crippen LogP contribution >= 0.6 is 15.9 Å². The Kier molecular flexibility index (Phi) is 4.75. The Morgan fingerprint density at radius 2 is 2.10 bits per heavy atom. The molecule has 2 aromatic carbocycles. The maximum atomic E-state index is 10.5. The molecule has 104 valence electrons. The molecule has 0 heterocycles. The van der Waals surface area contributed by atoms with Crippen LogP contribution in [0.25, 0.3) is 6.08 Å². The molecular formula is C16H10BrNO3. The van der Waals surface area contributed by atoms with Gasteiger partial charge in [0, 0.05) is 6.08 Å². The zero-order valence-electron chi connectivity index (χ0n) is 10.8. The normalized spacial score (nSPS) is 10.3. The number of ether oxygens (including phenoxy) is 1. The van der Waals surface area contributed by atoms with Crippen LogP contribution in [-0.2, 0) is 4.79 Å². The van der Waals surface area contributed by atoms with Gasteiger partial charge in [-0.1, -0.05) is 12.1 Å². The minimum atomic E-state index is -1.00. The lowest BCUT2D eigenvalue weighted by atomic mass is 10.2. The molecule has 21 heavy (non-hydrogen) atoms. The number of rotatable bonds is 4. The van der Waals surface area contributed by atoms with E-state index >= 15 is 0 Å². The highest BCUT2D eigenvalue weighted by atomic mass is 79.9. The van der Waals surface area contributed by atoms with Crippen LogP contribution in [0.1, 0.15) is 11.1 Å². The van der Waals surface area contributed by atoms with Gasteiger partial charge in [0.1, 0.15) is 11.5 Å². The molecule has 0 saturated carbocycles. The first kappa shape index (κ1) is 14.8. The third-order valence-electron chi connectivity index (χ3n) is 2.57. The smallest absolute Gasteiger partial charge is 0.328 e. The minimum Gasteiger partial charge on any atom is -0.478 e. The molecule has 0 saturated heterocycles. The van der Waals surface area contributed by atoms with Gasteiger partial charge in [-0.2, -0.15) is 5.26 Å². The van der Waals surface area contributed by atoms with Gasteiger partial charge in [-0.05, 0) is 57.9 Å². The maximum absolute atomic E-state index is 10.5. The Bertz CT molecular complexity index is 747. The number of hydrogen-bond donors (Lipinski definition) is 1. The first-order valence-corrected chi connectivity index (χ1v) is 6.76. The second-order valence-electron chi connectivity index (χ2n) is 4.10. The number of carboxylic acid groups (broad SMARTS) is 1. The van der Waals surface area contributed by atoms with Crippen molar-refractivity contribution in [1.29, 1.82) is 5.26 Å². The van der Waals surface area contributed by atoms with Crippen molar-refractivity contribution < 1.29 is 14.6 Å². The van der Waals surface area contributed by atoms with Crippen molar-refractivity contribution in [2.75, 3.05) is 0 Å². The average Bonchev–Trinajstić information content (AvgIpc) is 2.48. The Balaban J connectivity index is 2.21. The number of aliphatic carboxylic acids is 1. The van der Waals surface area contributed by atoms with Gasteiger partial charge >= 0.3 is 5.97 Å². The summed E-state index contributed by atoms with van der Waals surface area (Å²) in [4.78, 5) is 10.5. The number of carboxylic acids is 1. The molecule has 0 bridgehead atoms. The number of hydrogen-bond acceptors (Lipinski definition) is 3. The van der Waals surface area contributed by atoms with E-state index in [0.29, 0.717) is 21.5 Å². The van der Waals surface area contributed by atoms with Crippen LogP contribution in [0.3, 0.4) is 0 Å². The predicted molar refractivity (Wildman–Crippen MR) is 82.0 cm³/mol. The molecule has 0 aliphatic rings. The van der Waals surface area contributed by atoms with E-state index in [1.807, 2.05) is 6.07 Å². The van der Waals surface area contributed by atoms with Crippen molar-refractivity contribution in [3.63, 3.8) is 0 Å². The molecule has 0 radical (unpaired) electrons. The topological polar surface area (TPSA) is 70.3 Å². The summed E-state index contributed by atoms with van der Waals surface area (Å²) in [5, 5.41) is 17.4. The maximum Gasteiger partial charge on any atom is 0.328 e. The van der Waals surface area contributed by atoms with Gasteiger partial charge < -0.3 is 9.84 Å². The van der Waals surface area contributed by atoms with Crippen molar-refractivity contribution in [3.05, 3.63) is 64.1 Å². The number of halogens is 1. The summed E-state index contributed by atoms with van der Waals surface area (Å²) < 4.78 is 6.39. The van der Waals surface area contributed by atoms with E-state index in [0.717, 1.165) is 11.6 Å². The Morgan fingerprint density at radius 3 is 2.76 bits per heavy atom. The van der Waals surface area contributed by atoms with E-state index in [9.17, 15) is 4.79 Å². The van der Waals surface area contributed by atoms with Crippen molar-refractivity contribution in [3.8, 4) is 17.6 Å². The summed E-state index contributed by atoms with van der Waals surface area (Å²) in [6.45, 7) is 0. The lowest BCUT2D eigenvalue weighted by molar-refractivity contribution is -0.131. The minimum absolute atomic E-state index is 0.518. The van der Waals surface area contributed by atoms with Crippen LogP contribution in [0, 0.1) is 11.3 Å². The van der Waals surface area contributed by atoms with Gasteiger partial charge in [0.15, 0.2) is 0 Å². The molecule has 0 unspecified atom stereocenters. The first-order valence-electron chi connectivity index (χ1n) is 5.97. The summed E-state index contributed by atoms with van der Waals surface area (Å²) in [5.41, 5.74) is 1.26. The van der Waals surface area contributed by atoms with Crippen LogP contribution in [0.4, 0.5) is 0 Å². The summed E-state index contributed by atoms with van der Waals surface area (Å²) in [6, 6.07) is 14.1. The fourth-order valence-corrected chi connectivity index (χ4v) is 2.10. The van der Waals surface area contributed by atoms with Gasteiger partial charge in [0.25, 0.3) is 0 Å². The lowest BCUT2D eigenvalue weighted by Crippen LogP contribution is -1.88. The molecule has 5 heteroatoms. The number of nitriles is 1. The number of carbonyl (C=O) groups is 1. The zero-order valence-corrected chi connectivity index (χ0v) is 12.4. The first-order chi connectivity index (χ1) is 10.1. The van der Waals surface area contributed by atoms with E-state index in [1.165, 1.54) is 6.08 Å². The molecule has 0 amide bonds. The van der Waals surface area contributed by atoms with E-state index in [2.05, 4.69) is 15.9 Å². The molecule has 0 spiro atoms. The highest BCUT2D eigenvalue weighted by molar-refractivity contribution is 9.10. The van der Waals surface area contributed by atoms with Crippen molar-refractivity contribution in [2.24, 2.45) is 0 Å². The third kappa shape index (κ3) is 4.20. The van der Waals surface area contributed by atoms with Crippen LogP contribution in [0.2, 0.25) is 0 Å². The Hall–Kier alpha value is -2.58. The van der Waals surface area contributed by atoms with E-state index in [4.69, 9.17) is 15.1 Å². The van der Waals surface area contributed by atoms with E-state index in [1.54, 1.807) is 42.5 Å². The third-order valence-corrected chi connectivity index (χ3v) is 3.18. The molecule has 4 nitrogen and oxygen atoms in total. The molecule has 1 N–H and O–H groups in total. The van der Waals surface area contributed by atoms with Crippen LogP contribution in [-0.4, -0.2) is 11.1 Å². The van der Waals surface area contributed by atoms with E-state index in [-0.39, 0.29) is 0 Å². The molecular weight excluding hydrogens is 334 g/mol. The second kappa shape index (κ2) is 6.73. The predicted octanol–water partition coefficient (Wildman–Crippen LogP) is 4.21. The van der Waals surface area contributed by atoms with Crippen LogP contribution < -0.4 is 4.74 Å². The fourth-order valence-electron chi connectivity index (χ4n) is 1.63. The van der Waals surface area contributed by atoms with Crippen molar-refractivity contribution in [2.45, 2.75) is 0 Å². The quantitative estimate of drug-likeness (QED) is 0.844.